The number of nitrogens with zero attached hydrogens (tertiary/aromatic N) is 3. The van der Waals surface area contributed by atoms with Gasteiger partial charge in [-0.1, -0.05) is 11.3 Å². The molecule has 3 aliphatic rings. The zero-order valence-corrected chi connectivity index (χ0v) is 13.9. The van der Waals surface area contributed by atoms with Crippen molar-refractivity contribution in [2.75, 3.05) is 16.8 Å². The van der Waals surface area contributed by atoms with Gasteiger partial charge in [0, 0.05) is 24.2 Å². The second-order valence-corrected chi connectivity index (χ2v) is 8.08. The van der Waals surface area contributed by atoms with Gasteiger partial charge in [0.25, 0.3) is 0 Å². The predicted molar refractivity (Wildman–Crippen MR) is 91.9 cm³/mol. The van der Waals surface area contributed by atoms with E-state index in [0.717, 1.165) is 34.7 Å². The van der Waals surface area contributed by atoms with Crippen LogP contribution in [0.1, 0.15) is 44.9 Å². The summed E-state index contributed by atoms with van der Waals surface area (Å²) in [6.45, 7) is 1.11. The normalized spacial score (nSPS) is 22.5. The van der Waals surface area contributed by atoms with Gasteiger partial charge in [0.15, 0.2) is 10.9 Å². The van der Waals surface area contributed by atoms with Crippen molar-refractivity contribution >= 4 is 38.4 Å². The Bertz CT molecular complexity index is 778. The van der Waals surface area contributed by atoms with Gasteiger partial charge in [0.1, 0.15) is 0 Å². The van der Waals surface area contributed by atoms with Gasteiger partial charge in [-0.25, -0.2) is 9.97 Å². The lowest BCUT2D eigenvalue weighted by atomic mass is 10.0. The van der Waals surface area contributed by atoms with Crippen LogP contribution in [0.2, 0.25) is 0 Å². The number of thiazole rings is 1. The van der Waals surface area contributed by atoms with Crippen LogP contribution in [0.5, 0.6) is 0 Å². The molecule has 2 aromatic rings. The zero-order valence-electron chi connectivity index (χ0n) is 13.0. The minimum atomic E-state index is 0.108. The summed E-state index contributed by atoms with van der Waals surface area (Å²) in [7, 11) is 0. The number of carbonyl (C=O) groups excluding carboxylic acids is 1. The summed E-state index contributed by atoms with van der Waals surface area (Å²) >= 11 is 1.68. The van der Waals surface area contributed by atoms with Gasteiger partial charge in [-0.3, -0.25) is 4.79 Å². The van der Waals surface area contributed by atoms with E-state index in [1.54, 1.807) is 17.5 Å². The average Bonchev–Trinajstić information content (AvgIpc) is 3.47. The fourth-order valence-corrected chi connectivity index (χ4v) is 4.81. The molecule has 5 nitrogen and oxygen atoms in total. The van der Waals surface area contributed by atoms with E-state index in [4.69, 9.17) is 4.98 Å². The summed E-state index contributed by atoms with van der Waals surface area (Å²) in [5.41, 5.74) is 1.34. The van der Waals surface area contributed by atoms with E-state index in [1.165, 1.54) is 32.1 Å². The number of aromatic nitrogens is 2. The number of pyridine rings is 1. The summed E-state index contributed by atoms with van der Waals surface area (Å²) in [4.78, 5) is 23.8. The Kier molecular flexibility index (Phi) is 2.92. The van der Waals surface area contributed by atoms with Crippen molar-refractivity contribution in [1.29, 1.82) is 0 Å². The highest BCUT2D eigenvalue weighted by molar-refractivity contribution is 7.22. The Morgan fingerprint density at radius 1 is 1.30 bits per heavy atom. The quantitative estimate of drug-likeness (QED) is 0.936. The molecule has 3 fully saturated rings. The van der Waals surface area contributed by atoms with Gasteiger partial charge in [0.2, 0.25) is 5.91 Å². The maximum atomic E-state index is 12.1. The molecule has 2 aromatic heterocycles. The van der Waals surface area contributed by atoms with Crippen molar-refractivity contribution in [2.24, 2.45) is 5.92 Å². The van der Waals surface area contributed by atoms with E-state index < -0.39 is 0 Å². The fourth-order valence-electron chi connectivity index (χ4n) is 3.67. The van der Waals surface area contributed by atoms with Crippen LogP contribution < -0.4 is 10.2 Å². The Morgan fingerprint density at radius 3 is 2.96 bits per heavy atom. The lowest BCUT2D eigenvalue weighted by Gasteiger charge is -2.36. The summed E-state index contributed by atoms with van der Waals surface area (Å²) in [5, 5.41) is 4.11. The average molecular weight is 328 g/mol. The van der Waals surface area contributed by atoms with E-state index in [9.17, 15) is 4.79 Å². The Hall–Kier alpha value is -1.69. The molecule has 1 N–H and O–H groups in total. The summed E-state index contributed by atoms with van der Waals surface area (Å²) in [5.74, 6) is 0.984. The summed E-state index contributed by atoms with van der Waals surface area (Å²) in [6, 6.07) is 1.95. The number of fused-ring (bicyclic) bond motifs is 1. The van der Waals surface area contributed by atoms with Crippen molar-refractivity contribution in [3.63, 3.8) is 0 Å². The SMILES string of the molecule is O=C(Nc1nccc2nc(N3CCCCC34CC4)sc12)C1CC1. The summed E-state index contributed by atoms with van der Waals surface area (Å²) < 4.78 is 1.01. The van der Waals surface area contributed by atoms with Crippen molar-refractivity contribution in [3.8, 4) is 0 Å². The number of piperidine rings is 1. The highest BCUT2D eigenvalue weighted by atomic mass is 32.1. The van der Waals surface area contributed by atoms with E-state index in [2.05, 4.69) is 15.2 Å². The first-order valence-electron chi connectivity index (χ1n) is 8.59. The molecular weight excluding hydrogens is 308 g/mol. The molecule has 6 heteroatoms. The second-order valence-electron chi connectivity index (χ2n) is 7.10. The maximum absolute atomic E-state index is 12.1. The summed E-state index contributed by atoms with van der Waals surface area (Å²) in [6.07, 6.45) is 10.2. The van der Waals surface area contributed by atoms with Crippen LogP contribution in [0.25, 0.3) is 10.2 Å². The minimum Gasteiger partial charge on any atom is -0.342 e. The molecule has 5 rings (SSSR count). The van der Waals surface area contributed by atoms with Crippen LogP contribution in [0.3, 0.4) is 0 Å². The Balaban J connectivity index is 1.50. The van der Waals surface area contributed by atoms with Crippen LogP contribution in [0.4, 0.5) is 10.9 Å². The van der Waals surface area contributed by atoms with Gasteiger partial charge in [-0.05, 0) is 51.0 Å². The van der Waals surface area contributed by atoms with E-state index in [-0.39, 0.29) is 11.8 Å². The molecule has 23 heavy (non-hydrogen) atoms. The third-order valence-electron chi connectivity index (χ3n) is 5.39. The minimum absolute atomic E-state index is 0.108. The Morgan fingerprint density at radius 2 is 2.17 bits per heavy atom. The van der Waals surface area contributed by atoms with Gasteiger partial charge in [-0.15, -0.1) is 0 Å². The molecule has 0 bridgehead atoms. The maximum Gasteiger partial charge on any atom is 0.228 e. The molecule has 0 radical (unpaired) electrons. The van der Waals surface area contributed by atoms with Crippen LogP contribution >= 0.6 is 11.3 Å². The van der Waals surface area contributed by atoms with Gasteiger partial charge in [-0.2, -0.15) is 0 Å². The zero-order chi connectivity index (χ0) is 15.4. The second kappa shape index (κ2) is 4.90. The molecule has 2 aliphatic carbocycles. The van der Waals surface area contributed by atoms with E-state index in [0.29, 0.717) is 11.4 Å². The molecule has 1 spiro atoms. The van der Waals surface area contributed by atoms with E-state index in [1.807, 2.05) is 6.07 Å². The lowest BCUT2D eigenvalue weighted by molar-refractivity contribution is -0.117. The van der Waals surface area contributed by atoms with Crippen molar-refractivity contribution < 1.29 is 4.79 Å². The molecule has 1 amide bonds. The van der Waals surface area contributed by atoms with Gasteiger partial charge >= 0.3 is 0 Å². The third kappa shape index (κ3) is 2.31. The molecule has 2 saturated carbocycles. The number of hydrogen-bond acceptors (Lipinski definition) is 5. The number of nitrogens with one attached hydrogen (secondary N) is 1. The topological polar surface area (TPSA) is 58.1 Å². The standard InChI is InChI=1S/C17H20N4OS/c22-15(11-3-4-11)20-14-13-12(5-9-18-14)19-16(23-13)21-10-2-1-6-17(21)7-8-17/h5,9,11H,1-4,6-8,10H2,(H,18,20,22). The van der Waals surface area contributed by atoms with Gasteiger partial charge < -0.3 is 10.2 Å². The molecule has 120 valence electrons. The number of rotatable bonds is 3. The van der Waals surface area contributed by atoms with Crippen LogP contribution in [-0.4, -0.2) is 28.0 Å². The highest BCUT2D eigenvalue weighted by Crippen LogP contribution is 2.51. The van der Waals surface area contributed by atoms with Crippen LogP contribution in [0.15, 0.2) is 12.3 Å². The molecule has 3 heterocycles. The van der Waals surface area contributed by atoms with Crippen LogP contribution in [0, 0.1) is 5.92 Å². The first-order chi connectivity index (χ1) is 11.3. The predicted octanol–water partition coefficient (Wildman–Crippen LogP) is 3.56. The number of carbonyl (C=O) groups is 1. The largest absolute Gasteiger partial charge is 0.342 e. The lowest BCUT2D eigenvalue weighted by Crippen LogP contribution is -2.41. The fraction of sp³-hybridized carbons (Fsp3) is 0.588. The smallest absolute Gasteiger partial charge is 0.228 e. The molecule has 1 saturated heterocycles. The molecule has 1 aliphatic heterocycles. The van der Waals surface area contributed by atoms with Crippen molar-refractivity contribution in [2.45, 2.75) is 50.5 Å². The van der Waals surface area contributed by atoms with E-state index >= 15 is 0 Å². The van der Waals surface area contributed by atoms with Gasteiger partial charge in [0.05, 0.1) is 10.2 Å². The number of hydrogen-bond donors (Lipinski definition) is 1. The number of anilines is 2. The Labute approximate surface area is 139 Å². The molecular formula is C17H20N4OS. The van der Waals surface area contributed by atoms with Crippen molar-refractivity contribution in [3.05, 3.63) is 12.3 Å². The first-order valence-corrected chi connectivity index (χ1v) is 9.41. The molecule has 0 unspecified atom stereocenters. The highest BCUT2D eigenvalue weighted by Gasteiger charge is 2.49. The van der Waals surface area contributed by atoms with Crippen molar-refractivity contribution in [1.82, 2.24) is 9.97 Å². The molecule has 0 atom stereocenters. The third-order valence-corrected chi connectivity index (χ3v) is 6.49. The monoisotopic (exact) mass is 328 g/mol. The van der Waals surface area contributed by atoms with Crippen LogP contribution in [-0.2, 0) is 4.79 Å². The number of amides is 1. The molecule has 0 aromatic carbocycles. The first kappa shape index (κ1) is 13.7.